The van der Waals surface area contributed by atoms with Gasteiger partial charge in [0, 0.05) is 19.3 Å². The highest BCUT2D eigenvalue weighted by Gasteiger charge is 2.31. The van der Waals surface area contributed by atoms with Crippen molar-refractivity contribution in [2.45, 2.75) is 12.6 Å². The number of amides is 1. The first-order valence-electron chi connectivity index (χ1n) is 5.72. The molecule has 17 heavy (non-hydrogen) atoms. The Labute approximate surface area is 101 Å². The quantitative estimate of drug-likeness (QED) is 0.782. The summed E-state index contributed by atoms with van der Waals surface area (Å²) in [6.45, 7) is 1.85. The fraction of sp³-hybridized carbons (Fsp3) is 0.500. The van der Waals surface area contributed by atoms with E-state index >= 15 is 0 Å². The molecule has 2 heterocycles. The molecule has 1 atom stereocenters. The average molecular weight is 235 g/mol. The largest absolute Gasteiger partial charge is 0.394 e. The minimum atomic E-state index is -0.410. The highest BCUT2D eigenvalue weighted by molar-refractivity contribution is 5.82. The molecule has 1 unspecified atom stereocenters. The zero-order chi connectivity index (χ0) is 12.3. The number of aliphatic hydroxyl groups excluding tert-OH is 1. The second-order valence-electron chi connectivity index (χ2n) is 4.26. The standard InChI is InChI=1S/C12H17N3O2/c1-14-6-7-15(12(17)11(14)9-16)8-10-4-2-3-5-13-10/h2-5,11,16H,6-9H2,1H3. The van der Waals surface area contributed by atoms with Crippen molar-refractivity contribution in [1.29, 1.82) is 0 Å². The second kappa shape index (κ2) is 5.25. The third-order valence-electron chi connectivity index (χ3n) is 3.10. The lowest BCUT2D eigenvalue weighted by molar-refractivity contribution is -0.143. The number of pyridine rings is 1. The Hall–Kier alpha value is -1.46. The summed E-state index contributed by atoms with van der Waals surface area (Å²) in [4.78, 5) is 19.9. The van der Waals surface area contributed by atoms with Crippen molar-refractivity contribution in [2.75, 3.05) is 26.7 Å². The van der Waals surface area contributed by atoms with Gasteiger partial charge in [-0.05, 0) is 19.2 Å². The monoisotopic (exact) mass is 235 g/mol. The normalized spacial score (nSPS) is 21.9. The lowest BCUT2D eigenvalue weighted by Crippen LogP contribution is -2.56. The van der Waals surface area contributed by atoms with Gasteiger partial charge in [-0.3, -0.25) is 14.7 Å². The Morgan fingerprint density at radius 2 is 2.29 bits per heavy atom. The lowest BCUT2D eigenvalue weighted by Gasteiger charge is -2.37. The van der Waals surface area contributed by atoms with Crippen LogP contribution in [-0.2, 0) is 11.3 Å². The van der Waals surface area contributed by atoms with Crippen molar-refractivity contribution in [1.82, 2.24) is 14.8 Å². The van der Waals surface area contributed by atoms with Gasteiger partial charge in [0.15, 0.2) is 0 Å². The van der Waals surface area contributed by atoms with Gasteiger partial charge < -0.3 is 10.0 Å². The highest BCUT2D eigenvalue weighted by Crippen LogP contribution is 2.11. The second-order valence-corrected chi connectivity index (χ2v) is 4.26. The van der Waals surface area contributed by atoms with Gasteiger partial charge in [-0.15, -0.1) is 0 Å². The van der Waals surface area contributed by atoms with E-state index in [1.807, 2.05) is 30.1 Å². The molecule has 1 N–H and O–H groups in total. The molecular weight excluding hydrogens is 218 g/mol. The molecule has 1 aromatic rings. The zero-order valence-corrected chi connectivity index (χ0v) is 9.91. The summed E-state index contributed by atoms with van der Waals surface area (Å²) in [5, 5.41) is 9.21. The SMILES string of the molecule is CN1CCN(Cc2ccccn2)C(=O)C1CO. The molecule has 0 radical (unpaired) electrons. The smallest absolute Gasteiger partial charge is 0.242 e. The molecule has 1 aliphatic heterocycles. The number of rotatable bonds is 3. The zero-order valence-electron chi connectivity index (χ0n) is 9.91. The van der Waals surface area contributed by atoms with Gasteiger partial charge in [-0.25, -0.2) is 0 Å². The maximum absolute atomic E-state index is 12.1. The fourth-order valence-electron chi connectivity index (χ4n) is 2.01. The van der Waals surface area contributed by atoms with Crippen LogP contribution < -0.4 is 0 Å². The topological polar surface area (TPSA) is 56.7 Å². The van der Waals surface area contributed by atoms with E-state index in [0.29, 0.717) is 13.1 Å². The number of likely N-dealkylation sites (N-methyl/N-ethyl adjacent to an activating group) is 1. The van der Waals surface area contributed by atoms with Crippen LogP contribution in [0.4, 0.5) is 0 Å². The van der Waals surface area contributed by atoms with Crippen molar-refractivity contribution in [2.24, 2.45) is 0 Å². The van der Waals surface area contributed by atoms with Crippen molar-refractivity contribution < 1.29 is 9.90 Å². The number of hydrogen-bond acceptors (Lipinski definition) is 4. The summed E-state index contributed by atoms with van der Waals surface area (Å²) in [6.07, 6.45) is 1.72. The van der Waals surface area contributed by atoms with E-state index in [9.17, 15) is 9.90 Å². The van der Waals surface area contributed by atoms with Crippen LogP contribution in [0.25, 0.3) is 0 Å². The molecule has 2 rings (SSSR count). The molecular formula is C12H17N3O2. The Morgan fingerprint density at radius 3 is 2.94 bits per heavy atom. The van der Waals surface area contributed by atoms with Crippen LogP contribution >= 0.6 is 0 Å². The van der Waals surface area contributed by atoms with Gasteiger partial charge in [0.1, 0.15) is 6.04 Å². The van der Waals surface area contributed by atoms with Crippen molar-refractivity contribution >= 4 is 5.91 Å². The summed E-state index contributed by atoms with van der Waals surface area (Å²) in [5.74, 6) is -0.0214. The Morgan fingerprint density at radius 1 is 1.47 bits per heavy atom. The Kier molecular flexibility index (Phi) is 3.71. The molecule has 1 fully saturated rings. The van der Waals surface area contributed by atoms with Crippen LogP contribution in [0.1, 0.15) is 5.69 Å². The summed E-state index contributed by atoms with van der Waals surface area (Å²) in [7, 11) is 1.86. The number of aliphatic hydroxyl groups is 1. The van der Waals surface area contributed by atoms with Gasteiger partial charge in [0.05, 0.1) is 18.8 Å². The Bertz CT molecular complexity index is 383. The van der Waals surface area contributed by atoms with E-state index in [0.717, 1.165) is 12.2 Å². The summed E-state index contributed by atoms with van der Waals surface area (Å²) >= 11 is 0. The van der Waals surface area contributed by atoms with E-state index in [2.05, 4.69) is 4.98 Å². The van der Waals surface area contributed by atoms with Gasteiger partial charge in [-0.1, -0.05) is 6.07 Å². The first-order chi connectivity index (χ1) is 8.22. The number of carbonyl (C=O) groups is 1. The number of nitrogens with zero attached hydrogens (tertiary/aromatic N) is 3. The lowest BCUT2D eigenvalue weighted by atomic mass is 10.1. The molecule has 1 aliphatic rings. The van der Waals surface area contributed by atoms with Crippen LogP contribution in [0.15, 0.2) is 24.4 Å². The van der Waals surface area contributed by atoms with Crippen LogP contribution in [-0.4, -0.2) is 58.6 Å². The molecule has 0 bridgehead atoms. The van der Waals surface area contributed by atoms with E-state index in [4.69, 9.17) is 0 Å². The van der Waals surface area contributed by atoms with Crippen molar-refractivity contribution in [3.63, 3.8) is 0 Å². The first-order valence-corrected chi connectivity index (χ1v) is 5.72. The number of piperazine rings is 1. The first kappa shape index (κ1) is 12.0. The summed E-state index contributed by atoms with van der Waals surface area (Å²) in [6, 6.07) is 5.25. The maximum Gasteiger partial charge on any atom is 0.242 e. The number of hydrogen-bond donors (Lipinski definition) is 1. The number of aromatic nitrogens is 1. The predicted molar refractivity (Wildman–Crippen MR) is 63.2 cm³/mol. The van der Waals surface area contributed by atoms with Crippen molar-refractivity contribution in [3.8, 4) is 0 Å². The number of carbonyl (C=O) groups excluding carboxylic acids is 1. The van der Waals surface area contributed by atoms with Crippen LogP contribution in [0, 0.1) is 0 Å². The molecule has 92 valence electrons. The van der Waals surface area contributed by atoms with Gasteiger partial charge in [0.2, 0.25) is 5.91 Å². The third-order valence-corrected chi connectivity index (χ3v) is 3.10. The molecule has 0 aromatic carbocycles. The third kappa shape index (κ3) is 2.62. The molecule has 5 nitrogen and oxygen atoms in total. The van der Waals surface area contributed by atoms with E-state index < -0.39 is 6.04 Å². The molecule has 1 aromatic heterocycles. The molecule has 0 spiro atoms. The van der Waals surface area contributed by atoms with Crippen LogP contribution in [0.5, 0.6) is 0 Å². The van der Waals surface area contributed by atoms with Crippen molar-refractivity contribution in [3.05, 3.63) is 30.1 Å². The molecule has 0 saturated carbocycles. The van der Waals surface area contributed by atoms with E-state index in [-0.39, 0.29) is 12.5 Å². The molecule has 1 amide bonds. The van der Waals surface area contributed by atoms with Crippen LogP contribution in [0.3, 0.4) is 0 Å². The highest BCUT2D eigenvalue weighted by atomic mass is 16.3. The summed E-state index contributed by atoms with van der Waals surface area (Å²) in [5.41, 5.74) is 0.877. The predicted octanol–water partition coefficient (Wildman–Crippen LogP) is -0.284. The molecule has 5 heteroatoms. The van der Waals surface area contributed by atoms with E-state index in [1.54, 1.807) is 11.1 Å². The fourth-order valence-corrected chi connectivity index (χ4v) is 2.01. The van der Waals surface area contributed by atoms with E-state index in [1.165, 1.54) is 0 Å². The van der Waals surface area contributed by atoms with Gasteiger partial charge in [0.25, 0.3) is 0 Å². The minimum absolute atomic E-state index is 0.0214. The average Bonchev–Trinajstić information content (AvgIpc) is 2.35. The Balaban J connectivity index is 2.05. The van der Waals surface area contributed by atoms with Gasteiger partial charge in [-0.2, -0.15) is 0 Å². The maximum atomic E-state index is 12.1. The summed E-state index contributed by atoms with van der Waals surface area (Å²) < 4.78 is 0. The van der Waals surface area contributed by atoms with Crippen LogP contribution in [0.2, 0.25) is 0 Å². The van der Waals surface area contributed by atoms with Gasteiger partial charge >= 0.3 is 0 Å². The molecule has 0 aliphatic carbocycles. The molecule has 1 saturated heterocycles. The minimum Gasteiger partial charge on any atom is -0.394 e.